The van der Waals surface area contributed by atoms with E-state index in [-0.39, 0.29) is 30.3 Å². The van der Waals surface area contributed by atoms with Crippen LogP contribution in [0, 0.1) is 5.92 Å². The average molecular weight is 444 g/mol. The molecule has 2 atom stereocenters. The Morgan fingerprint density at radius 3 is 2.18 bits per heavy atom. The number of methoxy groups -OCH3 is 1. The van der Waals surface area contributed by atoms with E-state index in [0.29, 0.717) is 12.2 Å². The number of aryl methyl sites for hydroxylation is 1. The molecule has 0 saturated carbocycles. The molecule has 1 aliphatic heterocycles. The molecule has 0 spiro atoms. The maximum Gasteiger partial charge on any atom is 0.311 e. The van der Waals surface area contributed by atoms with Crippen molar-refractivity contribution in [1.82, 2.24) is 0 Å². The lowest BCUT2D eigenvalue weighted by atomic mass is 9.80. The van der Waals surface area contributed by atoms with Gasteiger partial charge in [0.2, 0.25) is 5.91 Å². The fourth-order valence-electron chi connectivity index (χ4n) is 4.42. The quantitative estimate of drug-likeness (QED) is 0.238. The van der Waals surface area contributed by atoms with Gasteiger partial charge >= 0.3 is 5.97 Å². The lowest BCUT2D eigenvalue weighted by Crippen LogP contribution is -2.61. The van der Waals surface area contributed by atoms with Gasteiger partial charge in [0, 0.05) is 18.2 Å². The summed E-state index contributed by atoms with van der Waals surface area (Å²) in [5, 5.41) is 0. The van der Waals surface area contributed by atoms with E-state index in [4.69, 9.17) is 9.47 Å². The van der Waals surface area contributed by atoms with Crippen LogP contribution in [0.15, 0.2) is 84.9 Å². The van der Waals surface area contributed by atoms with Gasteiger partial charge in [-0.15, -0.1) is 0 Å². The molecule has 1 saturated heterocycles. The maximum atomic E-state index is 13.1. The van der Waals surface area contributed by atoms with Crippen molar-refractivity contribution in [2.45, 2.75) is 38.1 Å². The molecule has 3 aromatic rings. The van der Waals surface area contributed by atoms with Gasteiger partial charge in [-0.2, -0.15) is 0 Å². The number of hydrogen-bond donors (Lipinski definition) is 0. The normalized spacial score (nSPS) is 17.4. The van der Waals surface area contributed by atoms with Gasteiger partial charge in [0.1, 0.15) is 11.5 Å². The van der Waals surface area contributed by atoms with Crippen LogP contribution >= 0.6 is 0 Å². The molecule has 5 nitrogen and oxygen atoms in total. The molecule has 1 heterocycles. The van der Waals surface area contributed by atoms with Crippen LogP contribution in [0.1, 0.15) is 31.2 Å². The highest BCUT2D eigenvalue weighted by molar-refractivity contribution is 6.03. The molecule has 170 valence electrons. The molecule has 1 amide bonds. The zero-order valence-corrected chi connectivity index (χ0v) is 18.9. The standard InChI is InChI=1S/C28H29NO4/c1-32-23-17-15-22(16-18-23)29-26(19-20-27(30)33-24-12-6-3-7-13-24)25(28(29)31)14-8-11-21-9-4-2-5-10-21/h2-7,9-10,12-13,15-18,25-26H,8,11,14,19-20H2,1H3. The number of nitrogens with zero attached hydrogens (tertiary/aromatic N) is 1. The Hall–Kier alpha value is -3.60. The predicted octanol–water partition coefficient (Wildman–Crippen LogP) is 5.44. The average Bonchev–Trinajstić information content (AvgIpc) is 2.85. The van der Waals surface area contributed by atoms with Crippen molar-refractivity contribution in [3.05, 3.63) is 90.5 Å². The van der Waals surface area contributed by atoms with Gasteiger partial charge in [0.15, 0.2) is 0 Å². The van der Waals surface area contributed by atoms with E-state index in [1.807, 2.05) is 65.6 Å². The number of amides is 1. The maximum absolute atomic E-state index is 13.1. The third-order valence-electron chi connectivity index (χ3n) is 6.14. The van der Waals surface area contributed by atoms with Crippen LogP contribution in [0.25, 0.3) is 0 Å². The van der Waals surface area contributed by atoms with Crippen LogP contribution < -0.4 is 14.4 Å². The lowest BCUT2D eigenvalue weighted by Gasteiger charge is -2.47. The molecular weight excluding hydrogens is 414 g/mol. The van der Waals surface area contributed by atoms with E-state index in [0.717, 1.165) is 30.7 Å². The van der Waals surface area contributed by atoms with E-state index in [1.54, 1.807) is 19.2 Å². The van der Waals surface area contributed by atoms with Gasteiger partial charge in [-0.1, -0.05) is 48.5 Å². The smallest absolute Gasteiger partial charge is 0.311 e. The zero-order valence-electron chi connectivity index (χ0n) is 18.9. The summed E-state index contributed by atoms with van der Waals surface area (Å²) in [5.41, 5.74) is 2.11. The lowest BCUT2D eigenvalue weighted by molar-refractivity contribution is -0.136. The Bertz CT molecular complexity index is 1050. The first kappa shape index (κ1) is 22.6. The number of ether oxygens (including phenoxy) is 2. The Morgan fingerprint density at radius 2 is 1.52 bits per heavy atom. The second-order valence-electron chi connectivity index (χ2n) is 8.28. The summed E-state index contributed by atoms with van der Waals surface area (Å²) in [6.45, 7) is 0. The summed E-state index contributed by atoms with van der Waals surface area (Å²) in [6.07, 6.45) is 3.50. The Kier molecular flexibility index (Phi) is 7.40. The Balaban J connectivity index is 1.40. The van der Waals surface area contributed by atoms with Crippen molar-refractivity contribution in [2.75, 3.05) is 12.0 Å². The number of benzene rings is 3. The fourth-order valence-corrected chi connectivity index (χ4v) is 4.42. The largest absolute Gasteiger partial charge is 0.497 e. The van der Waals surface area contributed by atoms with Gasteiger partial charge in [-0.25, -0.2) is 0 Å². The Labute approximate surface area is 194 Å². The number of anilines is 1. The number of para-hydroxylation sites is 1. The molecule has 0 aliphatic carbocycles. The molecule has 0 bridgehead atoms. The van der Waals surface area contributed by atoms with Crippen molar-refractivity contribution < 1.29 is 19.1 Å². The molecule has 4 rings (SSSR count). The highest BCUT2D eigenvalue weighted by atomic mass is 16.5. The minimum atomic E-state index is -0.279. The van der Waals surface area contributed by atoms with Crippen LogP contribution in [0.4, 0.5) is 5.69 Å². The number of hydrogen-bond acceptors (Lipinski definition) is 4. The van der Waals surface area contributed by atoms with E-state index >= 15 is 0 Å². The summed E-state index contributed by atoms with van der Waals surface area (Å²) in [4.78, 5) is 27.3. The van der Waals surface area contributed by atoms with Crippen molar-refractivity contribution in [3.8, 4) is 11.5 Å². The first-order valence-corrected chi connectivity index (χ1v) is 11.4. The number of β-lactam (4-membered cyclic amide) rings is 1. The molecule has 1 aliphatic rings. The molecule has 1 fully saturated rings. The van der Waals surface area contributed by atoms with Gasteiger partial charge in [0.05, 0.1) is 13.0 Å². The highest BCUT2D eigenvalue weighted by Crippen LogP contribution is 2.38. The van der Waals surface area contributed by atoms with E-state index in [9.17, 15) is 9.59 Å². The van der Waals surface area contributed by atoms with Crippen LogP contribution in [0.2, 0.25) is 0 Å². The zero-order chi connectivity index (χ0) is 23.0. The fraction of sp³-hybridized carbons (Fsp3) is 0.286. The summed E-state index contributed by atoms with van der Waals surface area (Å²) in [6, 6.07) is 26.9. The molecule has 3 aromatic carbocycles. The van der Waals surface area contributed by atoms with Crippen molar-refractivity contribution in [2.24, 2.45) is 5.92 Å². The number of carbonyl (C=O) groups is 2. The Morgan fingerprint density at radius 1 is 0.848 bits per heavy atom. The van der Waals surface area contributed by atoms with Crippen molar-refractivity contribution >= 4 is 17.6 Å². The molecule has 0 radical (unpaired) electrons. The third kappa shape index (κ3) is 5.61. The molecule has 5 heteroatoms. The van der Waals surface area contributed by atoms with Crippen LogP contribution in [-0.4, -0.2) is 25.0 Å². The van der Waals surface area contributed by atoms with Gasteiger partial charge in [0.25, 0.3) is 0 Å². The molecule has 0 N–H and O–H groups in total. The van der Waals surface area contributed by atoms with E-state index < -0.39 is 0 Å². The molecular formula is C28H29NO4. The summed E-state index contributed by atoms with van der Waals surface area (Å²) in [7, 11) is 1.62. The molecule has 0 aromatic heterocycles. The SMILES string of the molecule is COc1ccc(N2C(=O)C(CCCc3ccccc3)C2CCC(=O)Oc2ccccc2)cc1. The van der Waals surface area contributed by atoms with E-state index in [1.165, 1.54) is 5.56 Å². The van der Waals surface area contributed by atoms with Gasteiger partial charge in [-0.05, 0) is 67.6 Å². The molecule has 33 heavy (non-hydrogen) atoms. The predicted molar refractivity (Wildman–Crippen MR) is 128 cm³/mol. The monoisotopic (exact) mass is 443 g/mol. The van der Waals surface area contributed by atoms with Crippen LogP contribution in [-0.2, 0) is 16.0 Å². The van der Waals surface area contributed by atoms with Gasteiger partial charge in [-0.3, -0.25) is 9.59 Å². The second kappa shape index (κ2) is 10.8. The number of carbonyl (C=O) groups excluding carboxylic acids is 2. The number of esters is 1. The van der Waals surface area contributed by atoms with E-state index in [2.05, 4.69) is 12.1 Å². The first-order chi connectivity index (χ1) is 16.2. The summed E-state index contributed by atoms with van der Waals surface area (Å²) < 4.78 is 10.7. The van der Waals surface area contributed by atoms with Gasteiger partial charge < -0.3 is 14.4 Å². The number of rotatable bonds is 10. The summed E-state index contributed by atoms with van der Waals surface area (Å²) in [5.74, 6) is 1.04. The first-order valence-electron chi connectivity index (χ1n) is 11.4. The minimum absolute atomic E-state index is 0.0232. The second-order valence-corrected chi connectivity index (χ2v) is 8.28. The minimum Gasteiger partial charge on any atom is -0.497 e. The topological polar surface area (TPSA) is 55.8 Å². The van der Waals surface area contributed by atoms with Crippen molar-refractivity contribution in [1.29, 1.82) is 0 Å². The van der Waals surface area contributed by atoms with Crippen LogP contribution in [0.5, 0.6) is 11.5 Å². The van der Waals surface area contributed by atoms with Crippen molar-refractivity contribution in [3.63, 3.8) is 0 Å². The highest BCUT2D eigenvalue weighted by Gasteiger charge is 2.47. The third-order valence-corrected chi connectivity index (χ3v) is 6.14. The summed E-state index contributed by atoms with van der Waals surface area (Å²) >= 11 is 0. The molecule has 2 unspecified atom stereocenters. The van der Waals surface area contributed by atoms with Crippen LogP contribution in [0.3, 0.4) is 0 Å².